The maximum absolute atomic E-state index is 13.4. The summed E-state index contributed by atoms with van der Waals surface area (Å²) in [5.41, 5.74) is 1.89. The van der Waals surface area contributed by atoms with Crippen LogP contribution in [0.25, 0.3) is 12.2 Å². The monoisotopic (exact) mass is 294 g/mol. The Bertz CT molecular complexity index is 859. The van der Waals surface area contributed by atoms with Crippen molar-refractivity contribution >= 4 is 23.7 Å². The van der Waals surface area contributed by atoms with Gasteiger partial charge in [0.2, 0.25) is 0 Å². The van der Waals surface area contributed by atoms with Crippen molar-refractivity contribution in [1.82, 2.24) is 0 Å². The van der Waals surface area contributed by atoms with Crippen molar-refractivity contribution in [3.8, 4) is 0 Å². The van der Waals surface area contributed by atoms with Gasteiger partial charge < -0.3 is 0 Å². The van der Waals surface area contributed by atoms with Gasteiger partial charge in [0.1, 0.15) is 11.6 Å². The van der Waals surface area contributed by atoms with E-state index in [2.05, 4.69) is 0 Å². The first-order valence-corrected chi connectivity index (χ1v) is 6.67. The Balaban J connectivity index is 1.99. The summed E-state index contributed by atoms with van der Waals surface area (Å²) >= 11 is 0. The van der Waals surface area contributed by atoms with Crippen LogP contribution in [0.2, 0.25) is 0 Å². The molecule has 4 heteroatoms. The molecule has 0 atom stereocenters. The lowest BCUT2D eigenvalue weighted by atomic mass is 9.78. The number of rotatable bonds is 0. The van der Waals surface area contributed by atoms with Gasteiger partial charge in [0.25, 0.3) is 0 Å². The van der Waals surface area contributed by atoms with Crippen LogP contribution in [-0.2, 0) is 0 Å². The van der Waals surface area contributed by atoms with Crippen molar-refractivity contribution in [1.29, 1.82) is 0 Å². The number of carbonyl (C=O) groups is 2. The third-order valence-corrected chi connectivity index (χ3v) is 3.90. The summed E-state index contributed by atoms with van der Waals surface area (Å²) in [6.45, 7) is 0. The number of benzene rings is 2. The fraction of sp³-hybridized carbons (Fsp3) is 0. The molecule has 0 spiro atoms. The molecular weight excluding hydrogens is 286 g/mol. The van der Waals surface area contributed by atoms with Crippen molar-refractivity contribution in [3.05, 3.63) is 81.4 Å². The molecule has 0 radical (unpaired) electrons. The lowest BCUT2D eigenvalue weighted by Gasteiger charge is -2.22. The van der Waals surface area contributed by atoms with E-state index in [9.17, 15) is 18.4 Å². The predicted molar refractivity (Wildman–Crippen MR) is 77.4 cm³/mol. The maximum Gasteiger partial charge on any atom is 0.194 e. The molecule has 2 aliphatic rings. The summed E-state index contributed by atoms with van der Waals surface area (Å²) in [7, 11) is 0. The van der Waals surface area contributed by atoms with E-state index in [1.165, 1.54) is 24.3 Å². The average molecular weight is 294 g/mol. The molecule has 0 aliphatic heterocycles. The van der Waals surface area contributed by atoms with Crippen LogP contribution < -0.4 is 0 Å². The van der Waals surface area contributed by atoms with E-state index in [1.54, 1.807) is 12.2 Å². The minimum atomic E-state index is -0.505. The number of ketones is 2. The van der Waals surface area contributed by atoms with E-state index in [0.29, 0.717) is 11.1 Å². The number of allylic oxidation sites excluding steroid dienone is 2. The highest BCUT2D eigenvalue weighted by Gasteiger charge is 2.32. The number of Topliss-reactive ketones (excluding diaryl/α,β-unsaturated/α-hetero) is 2. The van der Waals surface area contributed by atoms with Crippen LogP contribution >= 0.6 is 0 Å². The molecule has 0 bridgehead atoms. The number of halogens is 2. The molecule has 2 aromatic rings. The van der Waals surface area contributed by atoms with Crippen LogP contribution in [0.4, 0.5) is 8.78 Å². The topological polar surface area (TPSA) is 34.1 Å². The fourth-order valence-corrected chi connectivity index (χ4v) is 2.83. The summed E-state index contributed by atoms with van der Waals surface area (Å²) in [5, 5.41) is 0. The highest BCUT2D eigenvalue weighted by Crippen LogP contribution is 2.36. The van der Waals surface area contributed by atoms with Crippen LogP contribution in [0.3, 0.4) is 0 Å². The summed E-state index contributed by atoms with van der Waals surface area (Å²) < 4.78 is 26.7. The predicted octanol–water partition coefficient (Wildman–Crippen LogP) is 3.82. The van der Waals surface area contributed by atoms with E-state index in [4.69, 9.17) is 0 Å². The van der Waals surface area contributed by atoms with Gasteiger partial charge in [0.15, 0.2) is 11.6 Å². The highest BCUT2D eigenvalue weighted by molar-refractivity contribution is 6.32. The first-order chi connectivity index (χ1) is 10.5. The molecular formula is C18H8F2O2. The van der Waals surface area contributed by atoms with E-state index in [1.807, 2.05) is 0 Å². The first kappa shape index (κ1) is 12.8. The lowest BCUT2D eigenvalue weighted by molar-refractivity contribution is 0.0994. The van der Waals surface area contributed by atoms with Gasteiger partial charge in [-0.05, 0) is 47.5 Å². The lowest BCUT2D eigenvalue weighted by Crippen LogP contribution is -2.21. The van der Waals surface area contributed by atoms with Gasteiger partial charge in [-0.2, -0.15) is 0 Å². The molecule has 22 heavy (non-hydrogen) atoms. The Kier molecular flexibility index (Phi) is 2.51. The van der Waals surface area contributed by atoms with Crippen molar-refractivity contribution in [2.75, 3.05) is 0 Å². The quantitative estimate of drug-likeness (QED) is 0.740. The molecule has 2 aromatic carbocycles. The zero-order chi connectivity index (χ0) is 15.4. The number of hydrogen-bond donors (Lipinski definition) is 0. The molecule has 0 fully saturated rings. The van der Waals surface area contributed by atoms with Crippen LogP contribution in [0.1, 0.15) is 31.8 Å². The zero-order valence-electron chi connectivity index (χ0n) is 11.2. The summed E-state index contributed by atoms with van der Waals surface area (Å²) in [6.07, 6.45) is 3.11. The third-order valence-electron chi connectivity index (χ3n) is 3.90. The molecule has 0 N–H and O–H groups in total. The third kappa shape index (κ3) is 1.70. The molecule has 2 aliphatic carbocycles. The Hall–Kier alpha value is -2.88. The van der Waals surface area contributed by atoms with Gasteiger partial charge in [-0.25, -0.2) is 8.78 Å². The number of carbonyl (C=O) groups excluding carboxylic acids is 2. The Morgan fingerprint density at radius 1 is 0.636 bits per heavy atom. The van der Waals surface area contributed by atoms with Crippen molar-refractivity contribution < 1.29 is 18.4 Å². The van der Waals surface area contributed by atoms with E-state index in [0.717, 1.165) is 12.1 Å². The Morgan fingerprint density at radius 2 is 1.05 bits per heavy atom. The van der Waals surface area contributed by atoms with Gasteiger partial charge >= 0.3 is 0 Å². The van der Waals surface area contributed by atoms with E-state index < -0.39 is 23.2 Å². The molecule has 0 unspecified atom stereocenters. The molecule has 0 saturated carbocycles. The standard InChI is InChI=1S/C18H8F2O2/c19-11-3-1-9-5-15-16(17(21)13(9)7-11)6-10-2-4-12(20)8-14(10)18(15)22/h1-8H. The summed E-state index contributed by atoms with van der Waals surface area (Å²) in [4.78, 5) is 25.0. The van der Waals surface area contributed by atoms with E-state index >= 15 is 0 Å². The van der Waals surface area contributed by atoms with Crippen LogP contribution in [0, 0.1) is 11.6 Å². The molecule has 2 nitrogen and oxygen atoms in total. The fourth-order valence-electron chi connectivity index (χ4n) is 2.83. The second kappa shape index (κ2) is 4.31. The maximum atomic E-state index is 13.4. The van der Waals surface area contributed by atoms with Gasteiger partial charge in [0, 0.05) is 22.3 Å². The van der Waals surface area contributed by atoms with Gasteiger partial charge in [0.05, 0.1) is 0 Å². The molecule has 0 aromatic heterocycles. The second-order valence-corrected chi connectivity index (χ2v) is 5.24. The van der Waals surface area contributed by atoms with E-state index in [-0.39, 0.29) is 22.3 Å². The second-order valence-electron chi connectivity index (χ2n) is 5.24. The molecule has 0 saturated heterocycles. The van der Waals surface area contributed by atoms with Gasteiger partial charge in [-0.15, -0.1) is 0 Å². The smallest absolute Gasteiger partial charge is 0.194 e. The highest BCUT2D eigenvalue weighted by atomic mass is 19.1. The molecule has 4 rings (SSSR count). The normalized spacial score (nSPS) is 15.5. The summed E-state index contributed by atoms with van der Waals surface area (Å²) in [6, 6.07) is 7.71. The molecule has 106 valence electrons. The van der Waals surface area contributed by atoms with Gasteiger partial charge in [-0.1, -0.05) is 12.1 Å². The van der Waals surface area contributed by atoms with Crippen molar-refractivity contribution in [2.24, 2.45) is 0 Å². The zero-order valence-corrected chi connectivity index (χ0v) is 11.2. The van der Waals surface area contributed by atoms with Gasteiger partial charge in [-0.3, -0.25) is 9.59 Å². The van der Waals surface area contributed by atoms with Crippen molar-refractivity contribution in [3.63, 3.8) is 0 Å². The number of hydrogen-bond acceptors (Lipinski definition) is 2. The minimum Gasteiger partial charge on any atom is -0.289 e. The Labute approximate surface area is 124 Å². The van der Waals surface area contributed by atoms with Crippen LogP contribution in [0.15, 0.2) is 47.5 Å². The first-order valence-electron chi connectivity index (χ1n) is 6.67. The van der Waals surface area contributed by atoms with Crippen molar-refractivity contribution in [2.45, 2.75) is 0 Å². The average Bonchev–Trinajstić information content (AvgIpc) is 2.50. The summed E-state index contributed by atoms with van der Waals surface area (Å²) in [5.74, 6) is -1.80. The number of fused-ring (bicyclic) bond motifs is 3. The molecule has 0 heterocycles. The minimum absolute atomic E-state index is 0.224. The SMILES string of the molecule is O=C1C2=Cc3ccc(F)cc3C(=O)C2=Cc2ccc(F)cc21. The Morgan fingerprint density at radius 3 is 1.45 bits per heavy atom. The molecule has 0 amide bonds. The largest absolute Gasteiger partial charge is 0.289 e. The van der Waals surface area contributed by atoms with Crippen LogP contribution in [-0.4, -0.2) is 11.6 Å². The van der Waals surface area contributed by atoms with Crippen LogP contribution in [0.5, 0.6) is 0 Å².